The number of carbonyl (C=O) groups is 1. The highest BCUT2D eigenvalue weighted by Gasteiger charge is 2.37. The Morgan fingerprint density at radius 2 is 2.11 bits per heavy atom. The summed E-state index contributed by atoms with van der Waals surface area (Å²) in [5, 5.41) is 12.5. The van der Waals surface area contributed by atoms with Crippen molar-refractivity contribution < 1.29 is 14.6 Å². The van der Waals surface area contributed by atoms with Crippen molar-refractivity contribution in [3.63, 3.8) is 0 Å². The second-order valence-corrected chi connectivity index (χ2v) is 5.09. The van der Waals surface area contributed by atoms with Crippen LogP contribution in [0.25, 0.3) is 0 Å². The predicted molar refractivity (Wildman–Crippen MR) is 69.8 cm³/mol. The number of phenols is 1. The zero-order chi connectivity index (χ0) is 13.3. The molecule has 18 heavy (non-hydrogen) atoms. The van der Waals surface area contributed by atoms with Crippen LogP contribution in [0.2, 0.25) is 0 Å². The van der Waals surface area contributed by atoms with Crippen LogP contribution >= 0.6 is 0 Å². The molecule has 1 amide bonds. The fourth-order valence-corrected chi connectivity index (χ4v) is 2.15. The smallest absolute Gasteiger partial charge is 0.256 e. The van der Waals surface area contributed by atoms with Crippen LogP contribution in [0.5, 0.6) is 5.75 Å². The number of carbonyl (C=O) groups excluding carboxylic acids is 1. The number of benzene rings is 1. The number of amides is 1. The van der Waals surface area contributed by atoms with Crippen LogP contribution in [0.3, 0.4) is 0 Å². The minimum atomic E-state index is -0.724. The van der Waals surface area contributed by atoms with E-state index in [9.17, 15) is 9.90 Å². The van der Waals surface area contributed by atoms with Gasteiger partial charge in [0.25, 0.3) is 5.91 Å². The van der Waals surface area contributed by atoms with Crippen LogP contribution in [0.4, 0.5) is 5.69 Å². The number of ether oxygens (including phenoxy) is 1. The molecule has 4 nitrogen and oxygen atoms in total. The van der Waals surface area contributed by atoms with E-state index in [4.69, 9.17) is 4.74 Å². The lowest BCUT2D eigenvalue weighted by Crippen LogP contribution is -2.39. The average molecular weight is 249 g/mol. The van der Waals surface area contributed by atoms with Crippen LogP contribution in [0, 0.1) is 13.8 Å². The lowest BCUT2D eigenvalue weighted by Gasteiger charge is -2.22. The largest absolute Gasteiger partial charge is 0.508 e. The van der Waals surface area contributed by atoms with Crippen LogP contribution < -0.4 is 5.32 Å². The number of nitrogens with one attached hydrogen (secondary N) is 1. The lowest BCUT2D eigenvalue weighted by molar-refractivity contribution is -0.133. The Kier molecular flexibility index (Phi) is 3.30. The number of hydrogen-bond acceptors (Lipinski definition) is 3. The first-order chi connectivity index (χ1) is 8.42. The highest BCUT2D eigenvalue weighted by Crippen LogP contribution is 2.29. The van der Waals surface area contributed by atoms with Gasteiger partial charge >= 0.3 is 0 Å². The second-order valence-electron chi connectivity index (χ2n) is 5.09. The van der Waals surface area contributed by atoms with Gasteiger partial charge < -0.3 is 15.2 Å². The Labute approximate surface area is 107 Å². The number of aryl methyl sites for hydroxylation is 2. The van der Waals surface area contributed by atoms with Gasteiger partial charge in [0.1, 0.15) is 11.4 Å². The summed E-state index contributed by atoms with van der Waals surface area (Å²) in [5.74, 6) is 0.127. The molecule has 0 spiro atoms. The van der Waals surface area contributed by atoms with Crippen LogP contribution in [-0.4, -0.2) is 23.2 Å². The Hall–Kier alpha value is -1.55. The van der Waals surface area contributed by atoms with Crippen molar-refractivity contribution in [1.82, 2.24) is 0 Å². The quantitative estimate of drug-likeness (QED) is 0.792. The summed E-state index contributed by atoms with van der Waals surface area (Å²) in [5.41, 5.74) is 1.59. The van der Waals surface area contributed by atoms with E-state index >= 15 is 0 Å². The summed E-state index contributed by atoms with van der Waals surface area (Å²) < 4.78 is 5.51. The van der Waals surface area contributed by atoms with Crippen molar-refractivity contribution in [2.24, 2.45) is 0 Å². The van der Waals surface area contributed by atoms with Gasteiger partial charge in [0.05, 0.1) is 0 Å². The van der Waals surface area contributed by atoms with E-state index in [0.717, 1.165) is 29.7 Å². The predicted octanol–water partition coefficient (Wildman–Crippen LogP) is 2.52. The molecular formula is C14H19NO3. The molecule has 1 aliphatic heterocycles. The minimum absolute atomic E-state index is 0.117. The zero-order valence-corrected chi connectivity index (χ0v) is 11.0. The standard InChI is InChI=1S/C14H19NO3/c1-9-8-12(16)10(2)7-11(9)15-13(17)14(3)5-4-6-18-14/h7-8,16H,4-6H2,1-3H3,(H,15,17). The van der Waals surface area contributed by atoms with Crippen molar-refractivity contribution in [2.75, 3.05) is 11.9 Å². The van der Waals surface area contributed by atoms with Crippen LogP contribution in [0.1, 0.15) is 30.9 Å². The maximum absolute atomic E-state index is 12.2. The first-order valence-corrected chi connectivity index (χ1v) is 6.18. The molecule has 98 valence electrons. The molecule has 1 fully saturated rings. The van der Waals surface area contributed by atoms with E-state index in [1.807, 2.05) is 13.8 Å². The van der Waals surface area contributed by atoms with Gasteiger partial charge in [0.2, 0.25) is 0 Å². The SMILES string of the molecule is Cc1cc(NC(=O)C2(C)CCCO2)c(C)cc1O. The number of anilines is 1. The lowest BCUT2D eigenvalue weighted by atomic mass is 10.0. The fourth-order valence-electron chi connectivity index (χ4n) is 2.15. The summed E-state index contributed by atoms with van der Waals surface area (Å²) in [7, 11) is 0. The number of aromatic hydroxyl groups is 1. The summed E-state index contributed by atoms with van der Waals surface area (Å²) in [4.78, 5) is 12.2. The van der Waals surface area contributed by atoms with Gasteiger partial charge in [-0.15, -0.1) is 0 Å². The van der Waals surface area contributed by atoms with E-state index in [2.05, 4.69) is 5.32 Å². The van der Waals surface area contributed by atoms with E-state index in [-0.39, 0.29) is 11.7 Å². The first-order valence-electron chi connectivity index (χ1n) is 6.18. The number of rotatable bonds is 2. The molecule has 1 atom stereocenters. The molecule has 4 heteroatoms. The average Bonchev–Trinajstić information content (AvgIpc) is 2.74. The number of hydrogen-bond donors (Lipinski definition) is 2. The molecule has 1 aromatic rings. The van der Waals surface area contributed by atoms with Gasteiger partial charge in [0, 0.05) is 12.3 Å². The molecule has 0 bridgehead atoms. The second kappa shape index (κ2) is 4.61. The summed E-state index contributed by atoms with van der Waals surface area (Å²) in [6.45, 7) is 6.11. The van der Waals surface area contributed by atoms with Crippen LogP contribution in [0.15, 0.2) is 12.1 Å². The third kappa shape index (κ3) is 2.34. The number of phenolic OH excluding ortho intramolecular Hbond substituents is 1. The van der Waals surface area contributed by atoms with E-state index in [1.54, 1.807) is 19.1 Å². The van der Waals surface area contributed by atoms with Gasteiger partial charge in [-0.2, -0.15) is 0 Å². The Bertz CT molecular complexity index is 476. The maximum atomic E-state index is 12.2. The minimum Gasteiger partial charge on any atom is -0.508 e. The highest BCUT2D eigenvalue weighted by atomic mass is 16.5. The van der Waals surface area contributed by atoms with Crippen molar-refractivity contribution >= 4 is 11.6 Å². The molecule has 0 aliphatic carbocycles. The molecule has 2 N–H and O–H groups in total. The molecule has 0 radical (unpaired) electrons. The molecular weight excluding hydrogens is 230 g/mol. The summed E-state index contributed by atoms with van der Waals surface area (Å²) >= 11 is 0. The summed E-state index contributed by atoms with van der Waals surface area (Å²) in [6.07, 6.45) is 1.66. The first kappa shape index (κ1) is 12.9. The van der Waals surface area contributed by atoms with Gasteiger partial charge in [-0.05, 0) is 56.9 Å². The van der Waals surface area contributed by atoms with E-state index in [0.29, 0.717) is 6.61 Å². The molecule has 1 aliphatic rings. The Balaban J connectivity index is 2.19. The van der Waals surface area contributed by atoms with Gasteiger partial charge in [-0.3, -0.25) is 4.79 Å². The molecule has 1 saturated heterocycles. The molecule has 1 heterocycles. The topological polar surface area (TPSA) is 58.6 Å². The van der Waals surface area contributed by atoms with Crippen LogP contribution in [-0.2, 0) is 9.53 Å². The Morgan fingerprint density at radius 1 is 1.39 bits per heavy atom. The maximum Gasteiger partial charge on any atom is 0.256 e. The van der Waals surface area contributed by atoms with Gasteiger partial charge in [-0.25, -0.2) is 0 Å². The van der Waals surface area contributed by atoms with Crippen molar-refractivity contribution in [3.8, 4) is 5.75 Å². The molecule has 0 saturated carbocycles. The third-order valence-electron chi connectivity index (χ3n) is 3.49. The highest BCUT2D eigenvalue weighted by molar-refractivity contribution is 5.97. The van der Waals surface area contributed by atoms with E-state index < -0.39 is 5.60 Å². The van der Waals surface area contributed by atoms with Crippen molar-refractivity contribution in [1.29, 1.82) is 0 Å². The third-order valence-corrected chi connectivity index (χ3v) is 3.49. The molecule has 1 aromatic carbocycles. The molecule has 1 unspecified atom stereocenters. The summed E-state index contributed by atoms with van der Waals surface area (Å²) in [6, 6.07) is 3.43. The molecule has 2 rings (SSSR count). The van der Waals surface area contributed by atoms with Gasteiger partial charge in [0.15, 0.2) is 0 Å². The fraction of sp³-hybridized carbons (Fsp3) is 0.500. The molecule has 0 aromatic heterocycles. The normalized spacial score (nSPS) is 23.1. The van der Waals surface area contributed by atoms with E-state index in [1.165, 1.54) is 0 Å². The Morgan fingerprint density at radius 3 is 2.72 bits per heavy atom. The van der Waals surface area contributed by atoms with Gasteiger partial charge in [-0.1, -0.05) is 0 Å². The van der Waals surface area contributed by atoms with Crippen molar-refractivity contribution in [2.45, 2.75) is 39.2 Å². The van der Waals surface area contributed by atoms with Crippen molar-refractivity contribution in [3.05, 3.63) is 23.3 Å². The monoisotopic (exact) mass is 249 g/mol. The zero-order valence-electron chi connectivity index (χ0n) is 11.0.